The molecule has 7 nitrogen and oxygen atoms in total. The van der Waals surface area contributed by atoms with Crippen molar-refractivity contribution in [2.45, 2.75) is 32.0 Å². The maximum absolute atomic E-state index is 12.5. The zero-order chi connectivity index (χ0) is 17.1. The Balaban J connectivity index is 1.77. The number of amides is 1. The van der Waals surface area contributed by atoms with Crippen LogP contribution in [0, 0.1) is 6.92 Å². The number of carbonyl (C=O) groups excluding carboxylic acids is 1. The van der Waals surface area contributed by atoms with Gasteiger partial charge in [-0.25, -0.2) is 4.98 Å². The van der Waals surface area contributed by atoms with Crippen molar-refractivity contribution in [1.29, 1.82) is 0 Å². The Morgan fingerprint density at radius 1 is 1.50 bits per heavy atom. The molecular weight excluding hydrogens is 348 g/mol. The van der Waals surface area contributed by atoms with E-state index >= 15 is 0 Å². The molecule has 0 fully saturated rings. The van der Waals surface area contributed by atoms with Gasteiger partial charge in [0.1, 0.15) is 10.5 Å². The van der Waals surface area contributed by atoms with E-state index in [1.54, 1.807) is 17.6 Å². The molecule has 3 rings (SSSR count). The maximum Gasteiger partial charge on any atom is 0.272 e. The van der Waals surface area contributed by atoms with Crippen LogP contribution in [-0.4, -0.2) is 26.4 Å². The van der Waals surface area contributed by atoms with Crippen molar-refractivity contribution in [2.75, 3.05) is 11.1 Å². The first kappa shape index (κ1) is 16.7. The van der Waals surface area contributed by atoms with Gasteiger partial charge in [0, 0.05) is 12.6 Å². The van der Waals surface area contributed by atoms with E-state index in [1.807, 2.05) is 18.4 Å². The Hall–Kier alpha value is -2.13. The fourth-order valence-corrected chi connectivity index (χ4v) is 3.79. The smallest absolute Gasteiger partial charge is 0.272 e. The van der Waals surface area contributed by atoms with Crippen molar-refractivity contribution >= 4 is 45.0 Å². The number of thiophene rings is 1. The molecule has 24 heavy (non-hydrogen) atoms. The second-order valence-corrected chi connectivity index (χ2v) is 7.00. The predicted molar refractivity (Wildman–Crippen MR) is 94.8 cm³/mol. The molecule has 0 aliphatic carbocycles. The summed E-state index contributed by atoms with van der Waals surface area (Å²) in [6.07, 6.45) is 0.816. The lowest BCUT2D eigenvalue weighted by atomic mass is 10.4. The molecule has 1 amide bonds. The van der Waals surface area contributed by atoms with Crippen LogP contribution in [0.4, 0.5) is 5.82 Å². The molecule has 3 aromatic heterocycles. The first-order valence-corrected chi connectivity index (χ1v) is 9.29. The molecule has 0 saturated heterocycles. The molecule has 3 heterocycles. The lowest BCUT2D eigenvalue weighted by Gasteiger charge is -2.10. The third-order valence-corrected chi connectivity index (χ3v) is 5.07. The summed E-state index contributed by atoms with van der Waals surface area (Å²) in [5, 5.41) is 8.78. The van der Waals surface area contributed by atoms with Gasteiger partial charge in [0.15, 0.2) is 11.0 Å². The Labute approximate surface area is 146 Å². The van der Waals surface area contributed by atoms with E-state index in [0.29, 0.717) is 33.5 Å². The van der Waals surface area contributed by atoms with Gasteiger partial charge < -0.3 is 9.84 Å². The summed E-state index contributed by atoms with van der Waals surface area (Å²) < 4.78 is 7.19. The first-order valence-electron chi connectivity index (χ1n) is 7.42. The van der Waals surface area contributed by atoms with Crippen LogP contribution in [0.15, 0.2) is 32.0 Å². The second kappa shape index (κ2) is 7.18. The van der Waals surface area contributed by atoms with Crippen LogP contribution in [0.1, 0.15) is 19.1 Å². The quantitative estimate of drug-likeness (QED) is 0.534. The van der Waals surface area contributed by atoms with Gasteiger partial charge in [0.25, 0.3) is 5.56 Å². The number of nitrogens with zero attached hydrogens (tertiary/aromatic N) is 3. The zero-order valence-corrected chi connectivity index (χ0v) is 14.9. The molecule has 0 unspecified atom stereocenters. The van der Waals surface area contributed by atoms with Crippen molar-refractivity contribution in [3.8, 4) is 0 Å². The summed E-state index contributed by atoms with van der Waals surface area (Å²) in [5.41, 5.74) is 0.624. The highest BCUT2D eigenvalue weighted by Gasteiger charge is 2.14. The topological polar surface area (TPSA) is 90.0 Å². The molecule has 3 aromatic rings. The van der Waals surface area contributed by atoms with Crippen LogP contribution in [0.5, 0.6) is 0 Å². The van der Waals surface area contributed by atoms with Crippen LogP contribution in [-0.2, 0) is 11.3 Å². The van der Waals surface area contributed by atoms with Gasteiger partial charge in [-0.3, -0.25) is 14.2 Å². The molecule has 0 atom stereocenters. The third kappa shape index (κ3) is 3.51. The van der Waals surface area contributed by atoms with Crippen LogP contribution in [0.2, 0.25) is 0 Å². The van der Waals surface area contributed by atoms with Gasteiger partial charge in [-0.2, -0.15) is 0 Å². The van der Waals surface area contributed by atoms with Crippen molar-refractivity contribution in [3.63, 3.8) is 0 Å². The number of rotatable bonds is 6. The maximum atomic E-state index is 12.5. The molecular formula is C15H16N4O3S2. The molecule has 0 aliphatic heterocycles. The van der Waals surface area contributed by atoms with E-state index in [4.69, 9.17) is 4.52 Å². The van der Waals surface area contributed by atoms with E-state index in [1.165, 1.54) is 23.1 Å². The lowest BCUT2D eigenvalue weighted by molar-refractivity contribution is -0.113. The minimum Gasteiger partial charge on any atom is -0.360 e. The Kier molecular flexibility index (Phi) is 5.00. The van der Waals surface area contributed by atoms with Gasteiger partial charge in [0.05, 0.1) is 11.3 Å². The van der Waals surface area contributed by atoms with E-state index in [2.05, 4.69) is 15.5 Å². The molecule has 1 N–H and O–H groups in total. The molecule has 9 heteroatoms. The minimum atomic E-state index is -0.226. The fraction of sp³-hybridized carbons (Fsp3) is 0.333. The summed E-state index contributed by atoms with van der Waals surface area (Å²) in [6, 6.07) is 3.46. The highest BCUT2D eigenvalue weighted by Crippen LogP contribution is 2.21. The number of fused-ring (bicyclic) bond motifs is 1. The number of aryl methyl sites for hydroxylation is 1. The molecule has 0 aromatic carbocycles. The Bertz CT molecular complexity index is 928. The standard InChI is InChI=1S/C15H16N4O3S2/c1-3-5-19-14(21)13-10(4-6-23-13)16-15(19)24-8-12(20)17-11-7-9(2)22-18-11/h4,6-7H,3,5,8H2,1-2H3,(H,17,18,20). The van der Waals surface area contributed by atoms with Gasteiger partial charge in [0.2, 0.25) is 5.91 Å². The Morgan fingerprint density at radius 3 is 3.04 bits per heavy atom. The van der Waals surface area contributed by atoms with E-state index in [-0.39, 0.29) is 17.2 Å². The largest absolute Gasteiger partial charge is 0.360 e. The lowest BCUT2D eigenvalue weighted by Crippen LogP contribution is -2.23. The number of nitrogens with one attached hydrogen (secondary N) is 1. The Morgan fingerprint density at radius 2 is 2.33 bits per heavy atom. The molecule has 0 aliphatic rings. The summed E-state index contributed by atoms with van der Waals surface area (Å²) in [7, 11) is 0. The number of hydrogen-bond donors (Lipinski definition) is 1. The van der Waals surface area contributed by atoms with Crippen LogP contribution in [0.3, 0.4) is 0 Å². The third-order valence-electron chi connectivity index (χ3n) is 3.21. The van der Waals surface area contributed by atoms with E-state index in [9.17, 15) is 9.59 Å². The van der Waals surface area contributed by atoms with E-state index < -0.39 is 0 Å². The number of aromatic nitrogens is 3. The predicted octanol–water partition coefficient (Wildman–Crippen LogP) is 2.90. The van der Waals surface area contributed by atoms with Crippen molar-refractivity contribution in [3.05, 3.63) is 33.6 Å². The number of hydrogen-bond acceptors (Lipinski definition) is 7. The summed E-state index contributed by atoms with van der Waals surface area (Å²) in [5.74, 6) is 0.915. The second-order valence-electron chi connectivity index (χ2n) is 5.15. The number of carbonyl (C=O) groups is 1. The summed E-state index contributed by atoms with van der Waals surface area (Å²) in [4.78, 5) is 29.1. The highest BCUT2D eigenvalue weighted by molar-refractivity contribution is 7.99. The number of thioether (sulfide) groups is 1. The van der Waals surface area contributed by atoms with Gasteiger partial charge in [-0.05, 0) is 24.8 Å². The fourth-order valence-electron chi connectivity index (χ4n) is 2.19. The molecule has 0 spiro atoms. The van der Waals surface area contributed by atoms with Crippen LogP contribution < -0.4 is 10.9 Å². The molecule has 0 bridgehead atoms. The normalized spacial score (nSPS) is 11.1. The van der Waals surface area contributed by atoms with Gasteiger partial charge in [-0.1, -0.05) is 23.8 Å². The van der Waals surface area contributed by atoms with Gasteiger partial charge in [-0.15, -0.1) is 11.3 Å². The SMILES string of the molecule is CCCn1c(SCC(=O)Nc2cc(C)on2)nc2ccsc2c1=O. The highest BCUT2D eigenvalue weighted by atomic mass is 32.2. The monoisotopic (exact) mass is 364 g/mol. The average molecular weight is 364 g/mol. The molecule has 0 saturated carbocycles. The van der Waals surface area contributed by atoms with Crippen LogP contribution in [0.25, 0.3) is 10.2 Å². The minimum absolute atomic E-state index is 0.0492. The van der Waals surface area contributed by atoms with E-state index in [0.717, 1.165) is 6.42 Å². The number of anilines is 1. The zero-order valence-electron chi connectivity index (χ0n) is 13.2. The molecule has 0 radical (unpaired) electrons. The van der Waals surface area contributed by atoms with Crippen molar-refractivity contribution in [1.82, 2.24) is 14.7 Å². The summed E-state index contributed by atoms with van der Waals surface area (Å²) in [6.45, 7) is 4.33. The van der Waals surface area contributed by atoms with Crippen molar-refractivity contribution in [2.24, 2.45) is 0 Å². The first-order chi connectivity index (χ1) is 11.6. The summed E-state index contributed by atoms with van der Waals surface area (Å²) >= 11 is 2.63. The van der Waals surface area contributed by atoms with Crippen molar-refractivity contribution < 1.29 is 9.32 Å². The molecule has 126 valence electrons. The van der Waals surface area contributed by atoms with Crippen LogP contribution >= 0.6 is 23.1 Å². The average Bonchev–Trinajstić information content (AvgIpc) is 3.17. The van der Waals surface area contributed by atoms with Gasteiger partial charge >= 0.3 is 0 Å².